The standard InChI is InChI=1S/C12H23NO3/c1-8(2)9(10(14)12(3,4)5)13(6)11(15)16-7/h8-9H,1-7H3/t9-/m0/s1. The third-order valence-electron chi connectivity index (χ3n) is 2.52. The summed E-state index contributed by atoms with van der Waals surface area (Å²) >= 11 is 0. The van der Waals surface area contributed by atoms with Crippen LogP contribution >= 0.6 is 0 Å². The molecule has 0 unspecified atom stereocenters. The van der Waals surface area contributed by atoms with Gasteiger partial charge in [0.25, 0.3) is 0 Å². The molecular weight excluding hydrogens is 206 g/mol. The number of hydrogen-bond donors (Lipinski definition) is 0. The number of methoxy groups -OCH3 is 1. The lowest BCUT2D eigenvalue weighted by atomic mass is 9.82. The van der Waals surface area contributed by atoms with Crippen LogP contribution in [0.5, 0.6) is 0 Å². The molecule has 0 fully saturated rings. The number of rotatable bonds is 3. The predicted molar refractivity (Wildman–Crippen MR) is 63.3 cm³/mol. The van der Waals surface area contributed by atoms with E-state index in [1.165, 1.54) is 12.0 Å². The molecule has 1 amide bonds. The number of carbonyl (C=O) groups excluding carboxylic acids is 2. The second-order valence-corrected chi connectivity index (χ2v) is 5.38. The highest BCUT2D eigenvalue weighted by Gasteiger charge is 2.36. The summed E-state index contributed by atoms with van der Waals surface area (Å²) in [5.74, 6) is 0.117. The van der Waals surface area contributed by atoms with E-state index in [-0.39, 0.29) is 11.7 Å². The first kappa shape index (κ1) is 14.9. The number of ether oxygens (including phenoxy) is 1. The lowest BCUT2D eigenvalue weighted by molar-refractivity contribution is -0.132. The van der Waals surface area contributed by atoms with Gasteiger partial charge in [-0.05, 0) is 5.92 Å². The third-order valence-corrected chi connectivity index (χ3v) is 2.52. The molecule has 0 aliphatic heterocycles. The predicted octanol–water partition coefficient (Wildman–Crippen LogP) is 2.32. The topological polar surface area (TPSA) is 46.6 Å². The molecule has 0 heterocycles. The molecule has 0 N–H and O–H groups in total. The van der Waals surface area contributed by atoms with Gasteiger partial charge in [-0.1, -0.05) is 34.6 Å². The van der Waals surface area contributed by atoms with Crippen molar-refractivity contribution in [1.29, 1.82) is 0 Å². The molecule has 0 saturated carbocycles. The first-order valence-electron chi connectivity index (χ1n) is 5.48. The molecule has 0 aromatic heterocycles. The Labute approximate surface area is 98.0 Å². The molecule has 4 nitrogen and oxygen atoms in total. The van der Waals surface area contributed by atoms with Gasteiger partial charge >= 0.3 is 6.09 Å². The van der Waals surface area contributed by atoms with Crippen molar-refractivity contribution >= 4 is 11.9 Å². The van der Waals surface area contributed by atoms with Crippen LogP contribution in [0.25, 0.3) is 0 Å². The van der Waals surface area contributed by atoms with Crippen molar-refractivity contribution in [3.63, 3.8) is 0 Å². The number of amides is 1. The van der Waals surface area contributed by atoms with Gasteiger partial charge in [-0.2, -0.15) is 0 Å². The van der Waals surface area contributed by atoms with E-state index in [4.69, 9.17) is 0 Å². The maximum Gasteiger partial charge on any atom is 0.409 e. The van der Waals surface area contributed by atoms with Gasteiger partial charge in [0.05, 0.1) is 13.2 Å². The SMILES string of the molecule is COC(=O)N(C)[C@H](C(=O)C(C)(C)C)C(C)C. The summed E-state index contributed by atoms with van der Waals surface area (Å²) < 4.78 is 4.64. The van der Waals surface area contributed by atoms with Gasteiger partial charge < -0.3 is 9.64 Å². The Hall–Kier alpha value is -1.06. The lowest BCUT2D eigenvalue weighted by Gasteiger charge is -2.33. The average molecular weight is 229 g/mol. The molecule has 0 rings (SSSR count). The fraction of sp³-hybridized carbons (Fsp3) is 0.833. The maximum atomic E-state index is 12.2. The summed E-state index contributed by atoms with van der Waals surface area (Å²) in [4.78, 5) is 25.0. The highest BCUT2D eigenvalue weighted by atomic mass is 16.5. The second-order valence-electron chi connectivity index (χ2n) is 5.38. The Balaban J connectivity index is 5.03. The van der Waals surface area contributed by atoms with Crippen molar-refractivity contribution < 1.29 is 14.3 Å². The fourth-order valence-corrected chi connectivity index (χ4v) is 1.63. The summed E-state index contributed by atoms with van der Waals surface area (Å²) in [5.41, 5.74) is -0.461. The van der Waals surface area contributed by atoms with Crippen molar-refractivity contribution in [3.8, 4) is 0 Å². The summed E-state index contributed by atoms with van der Waals surface area (Å²) in [6.07, 6.45) is -0.476. The largest absolute Gasteiger partial charge is 0.453 e. The van der Waals surface area contributed by atoms with Crippen molar-refractivity contribution in [1.82, 2.24) is 4.90 Å². The molecule has 0 radical (unpaired) electrons. The van der Waals surface area contributed by atoms with Crippen molar-refractivity contribution in [2.24, 2.45) is 11.3 Å². The van der Waals surface area contributed by atoms with Crippen LogP contribution < -0.4 is 0 Å². The second kappa shape index (κ2) is 5.32. The van der Waals surface area contributed by atoms with Crippen LogP contribution in [-0.4, -0.2) is 37.0 Å². The Morgan fingerprint density at radius 2 is 1.62 bits per heavy atom. The van der Waals surface area contributed by atoms with Crippen LogP contribution in [0.15, 0.2) is 0 Å². The smallest absolute Gasteiger partial charge is 0.409 e. The fourth-order valence-electron chi connectivity index (χ4n) is 1.63. The van der Waals surface area contributed by atoms with E-state index in [1.54, 1.807) is 7.05 Å². The molecule has 0 saturated heterocycles. The van der Waals surface area contributed by atoms with Crippen LogP contribution in [0.4, 0.5) is 4.79 Å². The Bertz CT molecular complexity index is 266. The monoisotopic (exact) mass is 229 g/mol. The summed E-state index contributed by atoms with van der Waals surface area (Å²) in [7, 11) is 2.91. The van der Waals surface area contributed by atoms with Gasteiger partial charge in [-0.15, -0.1) is 0 Å². The summed E-state index contributed by atoms with van der Waals surface area (Å²) in [5, 5.41) is 0. The van der Waals surface area contributed by atoms with Gasteiger partial charge in [-0.3, -0.25) is 4.79 Å². The number of nitrogens with zero attached hydrogens (tertiary/aromatic N) is 1. The molecule has 0 aliphatic carbocycles. The van der Waals surface area contributed by atoms with Gasteiger partial charge in [0.15, 0.2) is 5.78 Å². The first-order valence-corrected chi connectivity index (χ1v) is 5.48. The van der Waals surface area contributed by atoms with E-state index in [1.807, 2.05) is 34.6 Å². The zero-order valence-electron chi connectivity index (χ0n) is 11.3. The van der Waals surface area contributed by atoms with Crippen molar-refractivity contribution in [2.45, 2.75) is 40.7 Å². The van der Waals surface area contributed by atoms with Gasteiger partial charge in [0.1, 0.15) is 0 Å². The van der Waals surface area contributed by atoms with Crippen LogP contribution in [0.2, 0.25) is 0 Å². The Morgan fingerprint density at radius 3 is 1.88 bits per heavy atom. The maximum absolute atomic E-state index is 12.2. The highest BCUT2D eigenvalue weighted by molar-refractivity contribution is 5.91. The minimum absolute atomic E-state index is 0.0513. The van der Waals surface area contributed by atoms with Crippen LogP contribution in [0.3, 0.4) is 0 Å². The summed E-state index contributed by atoms with van der Waals surface area (Å²) in [6.45, 7) is 9.42. The molecule has 0 aromatic carbocycles. The molecule has 16 heavy (non-hydrogen) atoms. The Kier molecular flexibility index (Phi) is 4.97. The van der Waals surface area contributed by atoms with E-state index in [9.17, 15) is 9.59 Å². The zero-order chi connectivity index (χ0) is 13.1. The normalized spacial score (nSPS) is 13.5. The molecule has 1 atom stereocenters. The third kappa shape index (κ3) is 3.51. The molecule has 0 aliphatic rings. The number of ketones is 1. The van der Waals surface area contributed by atoms with Gasteiger partial charge in [-0.25, -0.2) is 4.79 Å². The quantitative estimate of drug-likeness (QED) is 0.746. The van der Waals surface area contributed by atoms with Crippen molar-refractivity contribution in [3.05, 3.63) is 0 Å². The highest BCUT2D eigenvalue weighted by Crippen LogP contribution is 2.23. The van der Waals surface area contributed by atoms with E-state index in [2.05, 4.69) is 4.74 Å². The minimum Gasteiger partial charge on any atom is -0.453 e. The van der Waals surface area contributed by atoms with Crippen LogP contribution in [0.1, 0.15) is 34.6 Å². The molecule has 0 spiro atoms. The first-order chi connectivity index (χ1) is 7.12. The van der Waals surface area contributed by atoms with E-state index in [0.29, 0.717) is 0 Å². The van der Waals surface area contributed by atoms with E-state index >= 15 is 0 Å². The van der Waals surface area contributed by atoms with Crippen LogP contribution in [0, 0.1) is 11.3 Å². The molecular formula is C12H23NO3. The summed E-state index contributed by atoms with van der Waals surface area (Å²) in [6, 6.07) is -0.438. The molecule has 4 heteroatoms. The minimum atomic E-state index is -0.476. The van der Waals surface area contributed by atoms with E-state index < -0.39 is 17.6 Å². The van der Waals surface area contributed by atoms with E-state index in [0.717, 1.165) is 0 Å². The molecule has 94 valence electrons. The number of carbonyl (C=O) groups is 2. The number of hydrogen-bond acceptors (Lipinski definition) is 3. The number of likely N-dealkylation sites (N-methyl/N-ethyl adjacent to an activating group) is 1. The van der Waals surface area contributed by atoms with Crippen molar-refractivity contribution in [2.75, 3.05) is 14.2 Å². The lowest BCUT2D eigenvalue weighted by Crippen LogP contribution is -2.49. The number of Topliss-reactive ketones (excluding diaryl/α,β-unsaturated/α-hetero) is 1. The Morgan fingerprint density at radius 1 is 1.19 bits per heavy atom. The molecule has 0 aromatic rings. The van der Waals surface area contributed by atoms with Gasteiger partial charge in [0.2, 0.25) is 0 Å². The molecule has 0 bridgehead atoms. The average Bonchev–Trinajstić information content (AvgIpc) is 2.14. The zero-order valence-corrected chi connectivity index (χ0v) is 11.3. The van der Waals surface area contributed by atoms with Gasteiger partial charge in [0, 0.05) is 12.5 Å². The van der Waals surface area contributed by atoms with Crippen LogP contribution in [-0.2, 0) is 9.53 Å².